The van der Waals surface area contributed by atoms with Crippen molar-refractivity contribution in [3.05, 3.63) is 35.4 Å². The standard InChI is InChI=1S/C20H31N/c1-5-20(3,4)15-12-10-14(11-13-15)19(21-6-2)18-16-8-7-9-17(16)18/h10-13,16-19,21H,5-9H2,1-4H3. The fraction of sp³-hybridized carbons (Fsp3) is 0.700. The first-order valence-electron chi connectivity index (χ1n) is 8.92. The van der Waals surface area contributed by atoms with E-state index in [0.29, 0.717) is 11.5 Å². The van der Waals surface area contributed by atoms with Gasteiger partial charge in [0.15, 0.2) is 0 Å². The van der Waals surface area contributed by atoms with E-state index in [-0.39, 0.29) is 0 Å². The lowest BCUT2D eigenvalue weighted by Crippen LogP contribution is -2.24. The molecule has 2 aliphatic carbocycles. The summed E-state index contributed by atoms with van der Waals surface area (Å²) >= 11 is 0. The number of fused-ring (bicyclic) bond motifs is 1. The van der Waals surface area contributed by atoms with Crippen molar-refractivity contribution in [2.45, 2.75) is 64.8 Å². The van der Waals surface area contributed by atoms with E-state index in [1.165, 1.54) is 36.8 Å². The van der Waals surface area contributed by atoms with E-state index in [0.717, 1.165) is 24.3 Å². The molecule has 1 aromatic carbocycles. The van der Waals surface area contributed by atoms with Crippen LogP contribution in [0.25, 0.3) is 0 Å². The molecule has 0 heterocycles. The van der Waals surface area contributed by atoms with Crippen molar-refractivity contribution < 1.29 is 0 Å². The summed E-state index contributed by atoms with van der Waals surface area (Å²) in [6.07, 6.45) is 5.60. The van der Waals surface area contributed by atoms with E-state index in [9.17, 15) is 0 Å². The highest BCUT2D eigenvalue weighted by Crippen LogP contribution is 2.62. The predicted octanol–water partition coefficient (Wildman–Crippen LogP) is 5.07. The Labute approximate surface area is 130 Å². The summed E-state index contributed by atoms with van der Waals surface area (Å²) in [7, 11) is 0. The van der Waals surface area contributed by atoms with Gasteiger partial charge in [-0.3, -0.25) is 0 Å². The van der Waals surface area contributed by atoms with E-state index < -0.39 is 0 Å². The van der Waals surface area contributed by atoms with Crippen LogP contribution in [-0.4, -0.2) is 6.54 Å². The fourth-order valence-electron chi connectivity index (χ4n) is 4.41. The van der Waals surface area contributed by atoms with E-state index in [2.05, 4.69) is 57.3 Å². The van der Waals surface area contributed by atoms with E-state index in [1.54, 1.807) is 0 Å². The highest BCUT2D eigenvalue weighted by atomic mass is 14.9. The summed E-state index contributed by atoms with van der Waals surface area (Å²) in [4.78, 5) is 0. The monoisotopic (exact) mass is 285 g/mol. The summed E-state index contributed by atoms with van der Waals surface area (Å²) in [5.74, 6) is 2.94. The molecule has 2 aliphatic rings. The van der Waals surface area contributed by atoms with Crippen LogP contribution in [0.1, 0.15) is 70.5 Å². The van der Waals surface area contributed by atoms with Gasteiger partial charge in [0.2, 0.25) is 0 Å². The second-order valence-electron chi connectivity index (χ2n) is 7.73. The Kier molecular flexibility index (Phi) is 4.14. The Bertz CT molecular complexity index is 463. The molecular weight excluding hydrogens is 254 g/mol. The Balaban J connectivity index is 1.77. The Hall–Kier alpha value is -0.820. The van der Waals surface area contributed by atoms with Crippen LogP contribution < -0.4 is 5.32 Å². The average Bonchev–Trinajstić information content (AvgIpc) is 2.95. The van der Waals surface area contributed by atoms with Gasteiger partial charge in [-0.25, -0.2) is 0 Å². The van der Waals surface area contributed by atoms with E-state index in [1.807, 2.05) is 0 Å². The van der Waals surface area contributed by atoms with Gasteiger partial charge in [0, 0.05) is 6.04 Å². The number of hydrogen-bond donors (Lipinski definition) is 1. The molecule has 1 heteroatoms. The minimum Gasteiger partial charge on any atom is -0.310 e. The highest BCUT2D eigenvalue weighted by molar-refractivity contribution is 5.31. The minimum absolute atomic E-state index is 0.294. The lowest BCUT2D eigenvalue weighted by atomic mass is 9.81. The number of benzene rings is 1. The molecule has 0 spiro atoms. The Morgan fingerprint density at radius 1 is 1.10 bits per heavy atom. The maximum atomic E-state index is 3.76. The van der Waals surface area contributed by atoms with E-state index >= 15 is 0 Å². The SMILES string of the molecule is CCNC(c1ccc(C(C)(C)CC)cc1)C1C2CCCC21. The quantitative estimate of drug-likeness (QED) is 0.769. The van der Waals surface area contributed by atoms with Crippen molar-refractivity contribution in [2.75, 3.05) is 6.54 Å². The van der Waals surface area contributed by atoms with Crippen molar-refractivity contribution in [1.29, 1.82) is 0 Å². The highest BCUT2D eigenvalue weighted by Gasteiger charge is 2.55. The zero-order valence-electron chi connectivity index (χ0n) is 14.2. The van der Waals surface area contributed by atoms with Crippen LogP contribution in [0.3, 0.4) is 0 Å². The van der Waals surface area contributed by atoms with Gasteiger partial charge in [-0.05, 0) is 60.1 Å². The molecule has 1 N–H and O–H groups in total. The van der Waals surface area contributed by atoms with Crippen molar-refractivity contribution >= 4 is 0 Å². The van der Waals surface area contributed by atoms with Gasteiger partial charge < -0.3 is 5.32 Å². The van der Waals surface area contributed by atoms with Crippen LogP contribution in [0.4, 0.5) is 0 Å². The largest absolute Gasteiger partial charge is 0.310 e. The molecule has 0 aromatic heterocycles. The maximum absolute atomic E-state index is 3.76. The first kappa shape index (κ1) is 15.1. The van der Waals surface area contributed by atoms with Crippen LogP contribution in [0, 0.1) is 17.8 Å². The van der Waals surface area contributed by atoms with Crippen LogP contribution in [0.15, 0.2) is 24.3 Å². The third-order valence-corrected chi connectivity index (χ3v) is 6.22. The van der Waals surface area contributed by atoms with E-state index in [4.69, 9.17) is 0 Å². The Morgan fingerprint density at radius 2 is 1.71 bits per heavy atom. The summed E-state index contributed by atoms with van der Waals surface area (Å²) in [5, 5.41) is 3.76. The molecule has 21 heavy (non-hydrogen) atoms. The van der Waals surface area contributed by atoms with Crippen LogP contribution >= 0.6 is 0 Å². The number of rotatable bonds is 6. The first-order chi connectivity index (χ1) is 10.1. The summed E-state index contributed by atoms with van der Waals surface area (Å²) in [6, 6.07) is 10.1. The lowest BCUT2D eigenvalue weighted by molar-refractivity contribution is 0.425. The molecule has 1 nitrogen and oxygen atoms in total. The summed E-state index contributed by atoms with van der Waals surface area (Å²) in [5.41, 5.74) is 3.27. The van der Waals surface area contributed by atoms with Gasteiger partial charge in [0.05, 0.1) is 0 Å². The van der Waals surface area contributed by atoms with Gasteiger partial charge in [-0.1, -0.05) is 58.4 Å². The smallest absolute Gasteiger partial charge is 0.0354 e. The number of nitrogens with one attached hydrogen (secondary N) is 1. The minimum atomic E-state index is 0.294. The molecule has 3 atom stereocenters. The van der Waals surface area contributed by atoms with Crippen molar-refractivity contribution in [3.63, 3.8) is 0 Å². The second-order valence-corrected chi connectivity index (χ2v) is 7.73. The van der Waals surface area contributed by atoms with Gasteiger partial charge in [-0.2, -0.15) is 0 Å². The molecule has 0 amide bonds. The molecule has 3 rings (SSSR count). The molecule has 0 aliphatic heterocycles. The zero-order valence-corrected chi connectivity index (χ0v) is 14.2. The molecule has 0 saturated heterocycles. The van der Waals surface area contributed by atoms with Crippen LogP contribution in [0.5, 0.6) is 0 Å². The molecule has 0 bridgehead atoms. The first-order valence-corrected chi connectivity index (χ1v) is 8.92. The number of hydrogen-bond acceptors (Lipinski definition) is 1. The topological polar surface area (TPSA) is 12.0 Å². The van der Waals surface area contributed by atoms with Gasteiger partial charge in [0.1, 0.15) is 0 Å². The van der Waals surface area contributed by atoms with Crippen molar-refractivity contribution in [2.24, 2.45) is 17.8 Å². The molecule has 1 aromatic rings. The second kappa shape index (κ2) is 5.76. The van der Waals surface area contributed by atoms with Gasteiger partial charge in [-0.15, -0.1) is 0 Å². The third kappa shape index (κ3) is 2.77. The lowest BCUT2D eigenvalue weighted by Gasteiger charge is -2.25. The van der Waals surface area contributed by atoms with Crippen molar-refractivity contribution in [3.8, 4) is 0 Å². The molecule has 116 valence electrons. The van der Waals surface area contributed by atoms with Crippen molar-refractivity contribution in [1.82, 2.24) is 5.32 Å². The molecule has 3 unspecified atom stereocenters. The average molecular weight is 285 g/mol. The zero-order chi connectivity index (χ0) is 15.0. The Morgan fingerprint density at radius 3 is 2.24 bits per heavy atom. The maximum Gasteiger partial charge on any atom is 0.0354 e. The molecular formula is C20H31N. The van der Waals surface area contributed by atoms with Crippen LogP contribution in [-0.2, 0) is 5.41 Å². The van der Waals surface area contributed by atoms with Gasteiger partial charge >= 0.3 is 0 Å². The van der Waals surface area contributed by atoms with Crippen LogP contribution in [0.2, 0.25) is 0 Å². The fourth-order valence-corrected chi connectivity index (χ4v) is 4.41. The third-order valence-electron chi connectivity index (χ3n) is 6.22. The predicted molar refractivity (Wildman–Crippen MR) is 90.5 cm³/mol. The molecule has 2 fully saturated rings. The summed E-state index contributed by atoms with van der Waals surface area (Å²) < 4.78 is 0. The summed E-state index contributed by atoms with van der Waals surface area (Å²) in [6.45, 7) is 10.3. The molecule has 2 saturated carbocycles. The molecule has 0 radical (unpaired) electrons. The van der Waals surface area contributed by atoms with Gasteiger partial charge in [0.25, 0.3) is 0 Å². The normalized spacial score (nSPS) is 29.2.